The van der Waals surface area contributed by atoms with Gasteiger partial charge in [-0.3, -0.25) is 0 Å². The fourth-order valence-electron chi connectivity index (χ4n) is 1.90. The van der Waals surface area contributed by atoms with Crippen molar-refractivity contribution in [1.82, 2.24) is 10.3 Å². The molecule has 0 atom stereocenters. The number of nitrogens with one attached hydrogen (secondary N) is 1. The monoisotopic (exact) mass is 264 g/mol. The minimum atomic E-state index is 0.741. The van der Waals surface area contributed by atoms with Crippen LogP contribution in [0, 0.1) is 12.8 Å². The molecule has 0 aromatic carbocycles. The molecule has 0 saturated heterocycles. The van der Waals surface area contributed by atoms with Gasteiger partial charge in [0.25, 0.3) is 0 Å². The third-order valence-electron chi connectivity index (χ3n) is 3.09. The maximum absolute atomic E-state index is 5.69. The molecule has 108 valence electrons. The highest BCUT2D eigenvalue weighted by Crippen LogP contribution is 2.13. The van der Waals surface area contributed by atoms with Gasteiger partial charge in [-0.2, -0.15) is 0 Å². The molecule has 0 aliphatic heterocycles. The van der Waals surface area contributed by atoms with Crippen LogP contribution in [0.3, 0.4) is 0 Å². The van der Waals surface area contributed by atoms with Crippen LogP contribution in [0.4, 0.5) is 0 Å². The van der Waals surface area contributed by atoms with E-state index < -0.39 is 0 Å². The lowest BCUT2D eigenvalue weighted by molar-refractivity contribution is 0.286. The Morgan fingerprint density at radius 1 is 1.32 bits per heavy atom. The van der Waals surface area contributed by atoms with Gasteiger partial charge >= 0.3 is 0 Å². The molecule has 0 radical (unpaired) electrons. The average Bonchev–Trinajstić information content (AvgIpc) is 2.37. The first-order valence-corrected chi connectivity index (χ1v) is 7.43. The number of aromatic nitrogens is 1. The van der Waals surface area contributed by atoms with E-state index in [2.05, 4.69) is 37.1 Å². The van der Waals surface area contributed by atoms with Crippen LogP contribution in [-0.4, -0.2) is 18.1 Å². The van der Waals surface area contributed by atoms with E-state index in [4.69, 9.17) is 4.74 Å². The fourth-order valence-corrected chi connectivity index (χ4v) is 1.90. The van der Waals surface area contributed by atoms with Crippen molar-refractivity contribution < 1.29 is 4.74 Å². The number of ether oxygens (including phenoxy) is 1. The minimum absolute atomic E-state index is 0.741. The molecular weight excluding hydrogens is 236 g/mol. The molecule has 1 aromatic heterocycles. The molecule has 0 aliphatic carbocycles. The molecule has 0 bridgehead atoms. The van der Waals surface area contributed by atoms with Crippen molar-refractivity contribution >= 4 is 0 Å². The molecule has 0 amide bonds. The van der Waals surface area contributed by atoms with Crippen molar-refractivity contribution in [3.63, 3.8) is 0 Å². The highest BCUT2D eigenvalue weighted by Gasteiger charge is 2.03. The van der Waals surface area contributed by atoms with Crippen LogP contribution < -0.4 is 10.1 Å². The van der Waals surface area contributed by atoms with Crippen molar-refractivity contribution in [2.75, 3.05) is 13.2 Å². The Labute approximate surface area is 117 Å². The first-order valence-electron chi connectivity index (χ1n) is 7.43. The zero-order valence-corrected chi connectivity index (χ0v) is 12.8. The fraction of sp³-hybridized carbons (Fsp3) is 0.688. The highest BCUT2D eigenvalue weighted by molar-refractivity contribution is 5.24. The lowest BCUT2D eigenvalue weighted by atomic mass is 10.1. The molecule has 3 nitrogen and oxygen atoms in total. The van der Waals surface area contributed by atoms with Crippen LogP contribution in [-0.2, 0) is 6.54 Å². The lowest BCUT2D eigenvalue weighted by Gasteiger charge is -2.10. The Morgan fingerprint density at radius 3 is 2.74 bits per heavy atom. The van der Waals surface area contributed by atoms with E-state index in [0.717, 1.165) is 50.0 Å². The van der Waals surface area contributed by atoms with Crippen molar-refractivity contribution in [2.45, 2.75) is 53.5 Å². The Hall–Kier alpha value is -1.09. The van der Waals surface area contributed by atoms with E-state index in [1.165, 1.54) is 12.0 Å². The lowest BCUT2D eigenvalue weighted by Crippen LogP contribution is -2.15. The van der Waals surface area contributed by atoms with Gasteiger partial charge < -0.3 is 10.1 Å². The summed E-state index contributed by atoms with van der Waals surface area (Å²) < 4.78 is 5.69. The topological polar surface area (TPSA) is 34.1 Å². The highest BCUT2D eigenvalue weighted by atomic mass is 16.5. The number of hydrogen-bond donors (Lipinski definition) is 1. The van der Waals surface area contributed by atoms with Crippen LogP contribution in [0.15, 0.2) is 12.1 Å². The quantitative estimate of drug-likeness (QED) is 0.690. The second-order valence-corrected chi connectivity index (χ2v) is 5.46. The third kappa shape index (κ3) is 6.58. The maximum atomic E-state index is 5.69. The number of pyridine rings is 1. The zero-order chi connectivity index (χ0) is 14.1. The smallest absolute Gasteiger partial charge is 0.213 e. The van der Waals surface area contributed by atoms with Crippen molar-refractivity contribution in [3.05, 3.63) is 23.4 Å². The molecule has 0 unspecified atom stereocenters. The van der Waals surface area contributed by atoms with E-state index in [9.17, 15) is 0 Å². The van der Waals surface area contributed by atoms with Crippen LogP contribution in [0.25, 0.3) is 0 Å². The summed E-state index contributed by atoms with van der Waals surface area (Å²) >= 11 is 0. The van der Waals surface area contributed by atoms with Crippen molar-refractivity contribution in [3.8, 4) is 5.88 Å². The molecule has 19 heavy (non-hydrogen) atoms. The Bertz CT molecular complexity index is 364. The molecule has 1 rings (SSSR count). The van der Waals surface area contributed by atoms with Gasteiger partial charge in [0, 0.05) is 18.3 Å². The zero-order valence-electron chi connectivity index (χ0n) is 12.8. The third-order valence-corrected chi connectivity index (χ3v) is 3.09. The number of nitrogens with zero attached hydrogens (tertiary/aromatic N) is 1. The van der Waals surface area contributed by atoms with Crippen LogP contribution in [0.1, 0.15) is 51.3 Å². The molecule has 0 saturated carbocycles. The van der Waals surface area contributed by atoms with Crippen molar-refractivity contribution in [1.29, 1.82) is 0 Å². The Kier molecular flexibility index (Phi) is 7.49. The Morgan fingerprint density at radius 2 is 2.11 bits per heavy atom. The maximum Gasteiger partial charge on any atom is 0.213 e. The van der Waals surface area contributed by atoms with Gasteiger partial charge in [-0.05, 0) is 44.2 Å². The molecule has 0 aliphatic rings. The van der Waals surface area contributed by atoms with Crippen LogP contribution in [0.2, 0.25) is 0 Å². The molecule has 1 N–H and O–H groups in total. The van der Waals surface area contributed by atoms with Crippen molar-refractivity contribution in [2.24, 2.45) is 5.92 Å². The summed E-state index contributed by atoms with van der Waals surface area (Å²) in [6, 6.07) is 4.09. The summed E-state index contributed by atoms with van der Waals surface area (Å²) in [4.78, 5) is 4.51. The molecular formula is C16H28N2O. The average molecular weight is 264 g/mol. The van der Waals surface area contributed by atoms with Gasteiger partial charge in [-0.1, -0.05) is 26.8 Å². The summed E-state index contributed by atoms with van der Waals surface area (Å²) in [6.45, 7) is 11.4. The Balaban J connectivity index is 2.38. The van der Waals surface area contributed by atoms with E-state index in [0.29, 0.717) is 0 Å². The van der Waals surface area contributed by atoms with E-state index in [-0.39, 0.29) is 0 Å². The normalized spacial score (nSPS) is 11.0. The second-order valence-electron chi connectivity index (χ2n) is 5.46. The first kappa shape index (κ1) is 16.0. The van der Waals surface area contributed by atoms with E-state index in [1.54, 1.807) is 0 Å². The number of rotatable bonds is 9. The van der Waals surface area contributed by atoms with Gasteiger partial charge in [0.2, 0.25) is 5.88 Å². The summed E-state index contributed by atoms with van der Waals surface area (Å²) in [7, 11) is 0. The summed E-state index contributed by atoms with van der Waals surface area (Å²) in [5, 5.41) is 3.40. The number of aryl methyl sites for hydroxylation is 1. The molecule has 0 spiro atoms. The second kappa shape index (κ2) is 8.92. The minimum Gasteiger partial charge on any atom is -0.478 e. The van der Waals surface area contributed by atoms with Gasteiger partial charge in [0.05, 0.1) is 6.61 Å². The summed E-state index contributed by atoms with van der Waals surface area (Å²) in [6.07, 6.45) is 3.46. The molecule has 3 heteroatoms. The molecule has 0 fully saturated rings. The molecule has 1 heterocycles. The predicted molar refractivity (Wildman–Crippen MR) is 80.5 cm³/mol. The van der Waals surface area contributed by atoms with Gasteiger partial charge in [-0.25, -0.2) is 4.98 Å². The molecule has 1 aromatic rings. The number of hydrogen-bond acceptors (Lipinski definition) is 3. The largest absolute Gasteiger partial charge is 0.478 e. The standard InChI is InChI=1S/C16H28N2O/c1-5-10-17-12-15-8-9-16(18-14(15)4)19-11-6-7-13(2)3/h8-9,13,17H,5-7,10-12H2,1-4H3. The van der Waals surface area contributed by atoms with E-state index >= 15 is 0 Å². The summed E-state index contributed by atoms with van der Waals surface area (Å²) in [5.74, 6) is 1.49. The first-order chi connectivity index (χ1) is 9.13. The van der Waals surface area contributed by atoms with Gasteiger partial charge in [0.1, 0.15) is 0 Å². The van der Waals surface area contributed by atoms with Crippen LogP contribution in [0.5, 0.6) is 5.88 Å². The summed E-state index contributed by atoms with van der Waals surface area (Å²) in [5.41, 5.74) is 2.31. The van der Waals surface area contributed by atoms with Gasteiger partial charge in [0.15, 0.2) is 0 Å². The van der Waals surface area contributed by atoms with E-state index in [1.807, 2.05) is 13.0 Å². The predicted octanol–water partition coefficient (Wildman–Crippen LogP) is 3.70. The van der Waals surface area contributed by atoms with Crippen LogP contribution >= 0.6 is 0 Å². The SMILES string of the molecule is CCCNCc1ccc(OCCCC(C)C)nc1C. The van der Waals surface area contributed by atoms with Gasteiger partial charge in [-0.15, -0.1) is 0 Å².